The van der Waals surface area contributed by atoms with Crippen LogP contribution in [-0.2, 0) is 17.3 Å². The van der Waals surface area contributed by atoms with Gasteiger partial charge in [0.15, 0.2) is 5.69 Å². The Labute approximate surface area is 151 Å². The molecule has 0 saturated carbocycles. The van der Waals surface area contributed by atoms with Crippen LogP contribution in [0.4, 0.5) is 13.2 Å². The number of carbonyl (C=O) groups excluding carboxylic acids is 1. The average Bonchev–Trinajstić information content (AvgIpc) is 3.09. The molecule has 0 aliphatic carbocycles. The van der Waals surface area contributed by atoms with E-state index in [9.17, 15) is 18.0 Å². The van der Waals surface area contributed by atoms with E-state index in [4.69, 9.17) is 9.15 Å². The Morgan fingerprint density at radius 2 is 1.89 bits per heavy atom. The summed E-state index contributed by atoms with van der Waals surface area (Å²) >= 11 is 0. The Kier molecular flexibility index (Phi) is 4.77. The minimum Gasteiger partial charge on any atom is -0.494 e. The van der Waals surface area contributed by atoms with Gasteiger partial charge in [0.2, 0.25) is 5.89 Å². The van der Waals surface area contributed by atoms with Crippen molar-refractivity contribution in [2.75, 3.05) is 14.2 Å². The predicted molar refractivity (Wildman–Crippen MR) is 89.5 cm³/mol. The number of fused-ring (bicyclic) bond motifs is 1. The van der Waals surface area contributed by atoms with E-state index in [0.29, 0.717) is 23.1 Å². The molecule has 0 amide bonds. The number of methoxy groups -OCH3 is 2. The molecule has 3 rings (SSSR count). The summed E-state index contributed by atoms with van der Waals surface area (Å²) in [5, 5.41) is 0.350. The molecule has 27 heavy (non-hydrogen) atoms. The number of pyridine rings is 1. The summed E-state index contributed by atoms with van der Waals surface area (Å²) in [5.74, 6) is -0.0744. The second kappa shape index (κ2) is 6.90. The number of hydrogen-bond donors (Lipinski definition) is 0. The topological polar surface area (TPSA) is 74.5 Å². The van der Waals surface area contributed by atoms with Crippen LogP contribution in [0.15, 0.2) is 28.7 Å². The van der Waals surface area contributed by atoms with Gasteiger partial charge >= 0.3 is 12.1 Å². The van der Waals surface area contributed by atoms with E-state index in [1.165, 1.54) is 26.4 Å². The second-order valence-electron chi connectivity index (χ2n) is 5.54. The Bertz CT molecular complexity index is 1010. The predicted octanol–water partition coefficient (Wildman–Crippen LogP) is 4.27. The van der Waals surface area contributed by atoms with Crippen LogP contribution in [-0.4, -0.2) is 30.2 Å². The van der Waals surface area contributed by atoms with E-state index in [1.807, 2.05) is 0 Å². The normalized spacial score (nSPS) is 11.6. The third-order valence-corrected chi connectivity index (χ3v) is 3.96. The van der Waals surface area contributed by atoms with Crippen LogP contribution in [0.2, 0.25) is 0 Å². The van der Waals surface area contributed by atoms with E-state index in [0.717, 1.165) is 6.07 Å². The standard InChI is InChI=1S/C18H15F3N2O4/c1-4-11-15(17(24)26-3)23-16(27-11)10-5-7-12(25-2)14-9(10)6-8-13(22-14)18(19,20)21/h5-8H,4H2,1-3H3. The number of hydrogen-bond acceptors (Lipinski definition) is 6. The maximum Gasteiger partial charge on any atom is 0.433 e. The summed E-state index contributed by atoms with van der Waals surface area (Å²) in [6.45, 7) is 1.78. The van der Waals surface area contributed by atoms with Crippen LogP contribution in [0.1, 0.15) is 28.9 Å². The number of ether oxygens (including phenoxy) is 2. The maximum absolute atomic E-state index is 13.0. The molecule has 9 heteroatoms. The number of esters is 1. The van der Waals surface area contributed by atoms with Gasteiger partial charge in [-0.15, -0.1) is 0 Å². The summed E-state index contributed by atoms with van der Waals surface area (Å²) in [6.07, 6.45) is -4.20. The first-order valence-corrected chi connectivity index (χ1v) is 7.93. The molecule has 2 aromatic heterocycles. The van der Waals surface area contributed by atoms with Gasteiger partial charge in [-0.3, -0.25) is 0 Å². The van der Waals surface area contributed by atoms with Crippen LogP contribution < -0.4 is 4.74 Å². The molecule has 0 atom stereocenters. The molecule has 0 fully saturated rings. The third-order valence-electron chi connectivity index (χ3n) is 3.96. The van der Waals surface area contributed by atoms with Crippen LogP contribution >= 0.6 is 0 Å². The summed E-state index contributed by atoms with van der Waals surface area (Å²) in [6, 6.07) is 5.20. The number of benzene rings is 1. The highest BCUT2D eigenvalue weighted by Gasteiger charge is 2.33. The van der Waals surface area contributed by atoms with Crippen molar-refractivity contribution in [1.29, 1.82) is 0 Å². The van der Waals surface area contributed by atoms with Crippen molar-refractivity contribution in [1.82, 2.24) is 9.97 Å². The Hall–Kier alpha value is -3.10. The number of carbonyl (C=O) groups is 1. The highest BCUT2D eigenvalue weighted by Crippen LogP contribution is 2.37. The first-order valence-electron chi connectivity index (χ1n) is 7.93. The maximum atomic E-state index is 13.0. The number of nitrogens with zero attached hydrogens (tertiary/aromatic N) is 2. The molecule has 0 aliphatic rings. The van der Waals surface area contributed by atoms with Gasteiger partial charge in [-0.05, 0) is 24.3 Å². The number of halogens is 3. The fourth-order valence-corrected chi connectivity index (χ4v) is 2.66. The minimum atomic E-state index is -4.59. The van der Waals surface area contributed by atoms with Gasteiger partial charge in [-0.1, -0.05) is 6.92 Å². The molecule has 1 aromatic carbocycles. The SMILES string of the molecule is CCc1oc(-c2ccc(OC)c3nc(C(F)(F)F)ccc23)nc1C(=O)OC. The third kappa shape index (κ3) is 3.32. The lowest BCUT2D eigenvalue weighted by molar-refractivity contribution is -0.140. The van der Waals surface area contributed by atoms with Gasteiger partial charge < -0.3 is 13.9 Å². The molecule has 6 nitrogen and oxygen atoms in total. The minimum absolute atomic E-state index is 0.0145. The molecule has 0 bridgehead atoms. The van der Waals surface area contributed by atoms with E-state index < -0.39 is 17.8 Å². The van der Waals surface area contributed by atoms with Crippen molar-refractivity contribution < 1.29 is 31.9 Å². The summed E-state index contributed by atoms with van der Waals surface area (Å²) in [5.41, 5.74) is -0.612. The van der Waals surface area contributed by atoms with Crippen molar-refractivity contribution in [2.45, 2.75) is 19.5 Å². The molecule has 0 N–H and O–H groups in total. The molecule has 0 radical (unpaired) electrons. The van der Waals surface area contributed by atoms with Crippen LogP contribution in [0.5, 0.6) is 5.75 Å². The first kappa shape index (κ1) is 18.7. The Morgan fingerprint density at radius 3 is 2.48 bits per heavy atom. The molecule has 142 valence electrons. The quantitative estimate of drug-likeness (QED) is 0.630. The number of alkyl halides is 3. The lowest BCUT2D eigenvalue weighted by atomic mass is 10.1. The zero-order valence-corrected chi connectivity index (χ0v) is 14.7. The zero-order valence-electron chi connectivity index (χ0n) is 14.7. The smallest absolute Gasteiger partial charge is 0.433 e. The molecule has 0 saturated heterocycles. The molecule has 0 unspecified atom stereocenters. The molecule has 0 aliphatic heterocycles. The van der Waals surface area contributed by atoms with Crippen molar-refractivity contribution in [3.05, 3.63) is 41.4 Å². The largest absolute Gasteiger partial charge is 0.494 e. The molecule has 3 aromatic rings. The van der Waals surface area contributed by atoms with Crippen molar-refractivity contribution in [3.63, 3.8) is 0 Å². The Morgan fingerprint density at radius 1 is 1.15 bits per heavy atom. The number of aromatic nitrogens is 2. The molecule has 0 spiro atoms. The van der Waals surface area contributed by atoms with Crippen molar-refractivity contribution >= 4 is 16.9 Å². The second-order valence-corrected chi connectivity index (χ2v) is 5.54. The van der Waals surface area contributed by atoms with Crippen LogP contribution in [0, 0.1) is 0 Å². The fraction of sp³-hybridized carbons (Fsp3) is 0.278. The monoisotopic (exact) mass is 380 g/mol. The number of aryl methyl sites for hydroxylation is 1. The lowest BCUT2D eigenvalue weighted by Crippen LogP contribution is -2.08. The first-order chi connectivity index (χ1) is 12.8. The van der Waals surface area contributed by atoms with Crippen LogP contribution in [0.25, 0.3) is 22.4 Å². The van der Waals surface area contributed by atoms with Gasteiger partial charge in [0, 0.05) is 17.4 Å². The highest BCUT2D eigenvalue weighted by molar-refractivity contribution is 5.97. The fourth-order valence-electron chi connectivity index (χ4n) is 2.66. The molecular formula is C18H15F3N2O4. The van der Waals surface area contributed by atoms with E-state index in [1.54, 1.807) is 13.0 Å². The van der Waals surface area contributed by atoms with E-state index in [2.05, 4.69) is 14.7 Å². The van der Waals surface area contributed by atoms with Gasteiger partial charge in [0.05, 0.1) is 14.2 Å². The van der Waals surface area contributed by atoms with Gasteiger partial charge in [-0.25, -0.2) is 14.8 Å². The number of rotatable bonds is 4. The number of oxazole rings is 1. The highest BCUT2D eigenvalue weighted by atomic mass is 19.4. The summed E-state index contributed by atoms with van der Waals surface area (Å²) in [7, 11) is 2.56. The summed E-state index contributed by atoms with van der Waals surface area (Å²) in [4.78, 5) is 19.7. The van der Waals surface area contributed by atoms with Gasteiger partial charge in [0.25, 0.3) is 0 Å². The molecule has 2 heterocycles. The van der Waals surface area contributed by atoms with E-state index >= 15 is 0 Å². The average molecular weight is 380 g/mol. The summed E-state index contributed by atoms with van der Waals surface area (Å²) < 4.78 is 54.5. The van der Waals surface area contributed by atoms with Crippen molar-refractivity contribution in [3.8, 4) is 17.2 Å². The lowest BCUT2D eigenvalue weighted by Gasteiger charge is -2.11. The van der Waals surface area contributed by atoms with Gasteiger partial charge in [0.1, 0.15) is 22.7 Å². The van der Waals surface area contributed by atoms with Crippen molar-refractivity contribution in [2.24, 2.45) is 0 Å². The van der Waals surface area contributed by atoms with E-state index in [-0.39, 0.29) is 22.9 Å². The van der Waals surface area contributed by atoms with Gasteiger partial charge in [-0.2, -0.15) is 13.2 Å². The molecular weight excluding hydrogens is 365 g/mol. The Balaban J connectivity index is 2.24. The van der Waals surface area contributed by atoms with Crippen LogP contribution in [0.3, 0.4) is 0 Å². The zero-order chi connectivity index (χ0) is 19.8.